The number of anilines is 2. The maximum Gasteiger partial charge on any atom is 0.232 e. The van der Waals surface area contributed by atoms with Gasteiger partial charge in [0, 0.05) is 57.4 Å². The minimum absolute atomic E-state index is 0.0772. The van der Waals surface area contributed by atoms with E-state index in [1.54, 1.807) is 6.07 Å². The van der Waals surface area contributed by atoms with Crippen molar-refractivity contribution in [3.05, 3.63) is 78.4 Å². The molecule has 5 rings (SSSR count). The highest BCUT2D eigenvalue weighted by molar-refractivity contribution is 7.91. The Balaban J connectivity index is 1.45. The Bertz CT molecular complexity index is 1520. The van der Waals surface area contributed by atoms with Gasteiger partial charge >= 0.3 is 0 Å². The normalized spacial score (nSPS) is 19.9. The lowest BCUT2D eigenvalue weighted by Crippen LogP contribution is -2.50. The van der Waals surface area contributed by atoms with Crippen molar-refractivity contribution < 1.29 is 22.7 Å². The van der Waals surface area contributed by atoms with Gasteiger partial charge in [0.25, 0.3) is 0 Å². The van der Waals surface area contributed by atoms with Crippen LogP contribution in [0.15, 0.2) is 77.7 Å². The fourth-order valence-electron chi connectivity index (χ4n) is 6.50. The van der Waals surface area contributed by atoms with Crippen molar-refractivity contribution in [2.75, 3.05) is 69.6 Å². The van der Waals surface area contributed by atoms with E-state index in [4.69, 9.17) is 9.47 Å². The van der Waals surface area contributed by atoms with Crippen LogP contribution in [-0.2, 0) is 30.5 Å². The van der Waals surface area contributed by atoms with Gasteiger partial charge in [0.05, 0.1) is 22.7 Å². The maximum absolute atomic E-state index is 14.3. The predicted molar refractivity (Wildman–Crippen MR) is 181 cm³/mol. The molecule has 3 aromatic rings. The average Bonchev–Trinajstić information content (AvgIpc) is 3.17. The Morgan fingerprint density at radius 2 is 1.69 bits per heavy atom. The van der Waals surface area contributed by atoms with E-state index in [2.05, 4.69) is 60.4 Å². The molecule has 0 saturated carbocycles. The van der Waals surface area contributed by atoms with Crippen molar-refractivity contribution in [2.45, 2.75) is 50.0 Å². The fraction of sp³-hybridized carbons (Fsp3) is 0.472. The van der Waals surface area contributed by atoms with Crippen LogP contribution in [0.25, 0.3) is 11.1 Å². The smallest absolute Gasteiger partial charge is 0.232 e. The Kier molecular flexibility index (Phi) is 11.0. The molecular formula is C36H47N3O5S. The van der Waals surface area contributed by atoms with Gasteiger partial charge in [0.1, 0.15) is 0 Å². The van der Waals surface area contributed by atoms with Crippen LogP contribution in [-0.4, -0.2) is 84.6 Å². The summed E-state index contributed by atoms with van der Waals surface area (Å²) in [7, 11) is 0.521. The van der Waals surface area contributed by atoms with Crippen molar-refractivity contribution in [2.24, 2.45) is 5.41 Å². The topological polar surface area (TPSA) is 88.2 Å². The zero-order chi connectivity index (χ0) is 31.9. The van der Waals surface area contributed by atoms with E-state index in [0.717, 1.165) is 49.2 Å². The number of amides is 1. The number of carbonyl (C=O) groups is 1. The Labute approximate surface area is 268 Å². The van der Waals surface area contributed by atoms with Gasteiger partial charge in [-0.05, 0) is 92.2 Å². The summed E-state index contributed by atoms with van der Waals surface area (Å²) in [5.41, 5.74) is 3.48. The second kappa shape index (κ2) is 14.9. The van der Waals surface area contributed by atoms with Crippen LogP contribution in [0.2, 0.25) is 0 Å². The molecule has 1 fully saturated rings. The third-order valence-electron chi connectivity index (χ3n) is 9.21. The average molecular weight is 634 g/mol. The molecule has 1 N–H and O–H groups in total. The number of sulfone groups is 1. The molecule has 45 heavy (non-hydrogen) atoms. The van der Waals surface area contributed by atoms with E-state index >= 15 is 0 Å². The van der Waals surface area contributed by atoms with Crippen LogP contribution in [0.1, 0.15) is 38.2 Å². The van der Waals surface area contributed by atoms with Gasteiger partial charge in [-0.15, -0.1) is 0 Å². The molecule has 242 valence electrons. The quantitative estimate of drug-likeness (QED) is 0.257. The first kappa shape index (κ1) is 33.1. The van der Waals surface area contributed by atoms with Crippen molar-refractivity contribution in [3.63, 3.8) is 0 Å². The molecule has 0 radical (unpaired) electrons. The van der Waals surface area contributed by atoms with Crippen molar-refractivity contribution >= 4 is 27.1 Å². The molecule has 0 spiro atoms. The summed E-state index contributed by atoms with van der Waals surface area (Å²) in [6.45, 7) is 6.19. The summed E-state index contributed by atoms with van der Waals surface area (Å²) in [6.07, 6.45) is 3.37. The predicted octanol–water partition coefficient (Wildman–Crippen LogP) is 5.67. The number of rotatable bonds is 12. The third-order valence-corrected chi connectivity index (χ3v) is 11.0. The van der Waals surface area contributed by atoms with Crippen LogP contribution in [0.4, 0.5) is 11.4 Å². The van der Waals surface area contributed by atoms with Gasteiger partial charge in [0.15, 0.2) is 9.84 Å². The van der Waals surface area contributed by atoms with Crippen molar-refractivity contribution in [1.29, 1.82) is 0 Å². The monoisotopic (exact) mass is 633 g/mol. The van der Waals surface area contributed by atoms with Gasteiger partial charge < -0.3 is 24.6 Å². The molecule has 2 heterocycles. The standard InChI is InChI=1S/C36H47N3O5S/c1-4-20-43-23-19-38(2)32-13-10-28(11-14-32)29-12-15-34-30(25-29)26-36(18-24-45(34,41)42,27-39(3)33-16-21-44-22-17-33)35(40)37-31-8-6-5-7-9-31/h5-15,25,33H,4,16-24,26-27H2,1-3H3,(H,37,40). The van der Waals surface area contributed by atoms with Crippen LogP contribution in [0.3, 0.4) is 0 Å². The molecule has 1 unspecified atom stereocenters. The van der Waals surface area contributed by atoms with Gasteiger partial charge in [-0.2, -0.15) is 0 Å². The molecule has 0 bridgehead atoms. The Hall–Kier alpha value is -3.24. The lowest BCUT2D eigenvalue weighted by atomic mass is 9.76. The van der Waals surface area contributed by atoms with Gasteiger partial charge in [-0.1, -0.05) is 43.3 Å². The molecule has 9 heteroatoms. The first-order chi connectivity index (χ1) is 21.7. The Morgan fingerprint density at radius 3 is 2.40 bits per heavy atom. The highest BCUT2D eigenvalue weighted by Gasteiger charge is 2.45. The molecular weight excluding hydrogens is 586 g/mol. The number of ether oxygens (including phenoxy) is 2. The third kappa shape index (κ3) is 8.14. The molecule has 1 saturated heterocycles. The number of hydrogen-bond acceptors (Lipinski definition) is 7. The lowest BCUT2D eigenvalue weighted by molar-refractivity contribution is -0.127. The summed E-state index contributed by atoms with van der Waals surface area (Å²) in [5, 5.41) is 3.13. The summed E-state index contributed by atoms with van der Waals surface area (Å²) in [6, 6.07) is 23.6. The second-order valence-electron chi connectivity index (χ2n) is 12.5. The van der Waals surface area contributed by atoms with Crippen LogP contribution in [0.5, 0.6) is 0 Å². The number of carbonyl (C=O) groups excluding carboxylic acids is 1. The molecule has 0 aromatic heterocycles. The molecule has 0 aliphatic carbocycles. The first-order valence-electron chi connectivity index (χ1n) is 16.1. The summed E-state index contributed by atoms with van der Waals surface area (Å²) in [5.74, 6) is -0.219. The maximum atomic E-state index is 14.3. The largest absolute Gasteiger partial charge is 0.381 e. The summed E-state index contributed by atoms with van der Waals surface area (Å²) < 4.78 is 38.6. The molecule has 8 nitrogen and oxygen atoms in total. The fourth-order valence-corrected chi connectivity index (χ4v) is 8.18. The number of para-hydroxylation sites is 1. The van der Waals surface area contributed by atoms with Gasteiger partial charge in [-0.25, -0.2) is 8.42 Å². The second-order valence-corrected chi connectivity index (χ2v) is 14.6. The number of likely N-dealkylation sites (N-methyl/N-ethyl adjacent to an activating group) is 1. The number of benzene rings is 3. The van der Waals surface area contributed by atoms with Gasteiger partial charge in [0.2, 0.25) is 5.91 Å². The lowest BCUT2D eigenvalue weighted by Gasteiger charge is -2.39. The SMILES string of the molecule is CCCOCCN(C)c1ccc(-c2ccc3c(c2)CC(CN(C)C2CCOCC2)(C(=O)Nc2ccccc2)CCS3(=O)=O)cc1. The van der Waals surface area contributed by atoms with Crippen molar-refractivity contribution in [1.82, 2.24) is 4.90 Å². The molecule has 2 aliphatic heterocycles. The number of fused-ring (bicyclic) bond motifs is 1. The zero-order valence-electron chi connectivity index (χ0n) is 26.8. The zero-order valence-corrected chi connectivity index (χ0v) is 27.7. The van der Waals surface area contributed by atoms with Crippen LogP contribution in [0, 0.1) is 5.41 Å². The van der Waals surface area contributed by atoms with Gasteiger partial charge in [-0.3, -0.25) is 4.79 Å². The van der Waals surface area contributed by atoms with E-state index < -0.39 is 15.3 Å². The van der Waals surface area contributed by atoms with Crippen molar-refractivity contribution in [3.8, 4) is 11.1 Å². The molecule has 3 aromatic carbocycles. The Morgan fingerprint density at radius 1 is 0.978 bits per heavy atom. The number of nitrogens with one attached hydrogen (secondary N) is 1. The van der Waals surface area contributed by atoms with E-state index in [0.29, 0.717) is 48.9 Å². The van der Waals surface area contributed by atoms with E-state index in [-0.39, 0.29) is 24.1 Å². The van der Waals surface area contributed by atoms with E-state index in [1.807, 2.05) is 42.5 Å². The molecule has 2 aliphatic rings. The minimum atomic E-state index is -3.58. The van der Waals surface area contributed by atoms with E-state index in [9.17, 15) is 13.2 Å². The number of nitrogens with zero attached hydrogens (tertiary/aromatic N) is 2. The van der Waals surface area contributed by atoms with Crippen LogP contribution >= 0.6 is 0 Å². The highest BCUT2D eigenvalue weighted by Crippen LogP contribution is 2.40. The summed E-state index contributed by atoms with van der Waals surface area (Å²) in [4.78, 5) is 19.0. The molecule has 1 atom stereocenters. The minimum Gasteiger partial charge on any atom is -0.381 e. The summed E-state index contributed by atoms with van der Waals surface area (Å²) >= 11 is 0. The number of hydrogen-bond donors (Lipinski definition) is 1. The first-order valence-corrected chi connectivity index (χ1v) is 17.8. The highest BCUT2D eigenvalue weighted by atomic mass is 32.2. The molecule has 1 amide bonds. The van der Waals surface area contributed by atoms with Crippen LogP contribution < -0.4 is 10.2 Å². The van der Waals surface area contributed by atoms with E-state index in [1.165, 1.54) is 0 Å².